The highest BCUT2D eigenvalue weighted by Gasteiger charge is 2.36. The molecule has 6 nitrogen and oxygen atoms in total. The quantitative estimate of drug-likeness (QED) is 0.606. The van der Waals surface area contributed by atoms with E-state index in [1.807, 2.05) is 0 Å². The number of ether oxygens (including phenoxy) is 1. The Hall–Kier alpha value is -3.07. The van der Waals surface area contributed by atoms with Crippen molar-refractivity contribution in [1.29, 1.82) is 0 Å². The summed E-state index contributed by atoms with van der Waals surface area (Å²) < 4.78 is 34.6. The van der Waals surface area contributed by atoms with Gasteiger partial charge in [0.1, 0.15) is 11.6 Å². The molecule has 0 bridgehead atoms. The molecule has 0 N–H and O–H groups in total. The van der Waals surface area contributed by atoms with Gasteiger partial charge in [0.2, 0.25) is 23.2 Å². The lowest BCUT2D eigenvalue weighted by atomic mass is 10.1. The first-order valence-electron chi connectivity index (χ1n) is 8.29. The molecule has 1 aromatic heterocycles. The van der Waals surface area contributed by atoms with Crippen LogP contribution in [0.15, 0.2) is 47.6 Å². The van der Waals surface area contributed by atoms with E-state index in [2.05, 4.69) is 15.2 Å². The summed E-state index contributed by atoms with van der Waals surface area (Å²) in [7, 11) is 0. The lowest BCUT2D eigenvalue weighted by molar-refractivity contribution is -0.118. The molecule has 0 spiro atoms. The smallest absolute Gasteiger partial charge is 0.247 e. The minimum absolute atomic E-state index is 0.0446. The molecule has 2 heterocycles. The number of nitrogens with zero attached hydrogens (tertiary/aromatic N) is 4. The van der Waals surface area contributed by atoms with Crippen LogP contribution in [0, 0.1) is 11.6 Å². The molecular formula is C19H14F2N4O2S. The summed E-state index contributed by atoms with van der Waals surface area (Å²) in [5.41, 5.74) is 0.938. The maximum atomic E-state index is 14.6. The van der Waals surface area contributed by atoms with E-state index in [1.165, 1.54) is 53.9 Å². The van der Waals surface area contributed by atoms with E-state index in [1.54, 1.807) is 18.4 Å². The van der Waals surface area contributed by atoms with Crippen molar-refractivity contribution in [3.63, 3.8) is 0 Å². The van der Waals surface area contributed by atoms with Gasteiger partial charge in [0.25, 0.3) is 0 Å². The molecule has 0 saturated carbocycles. The van der Waals surface area contributed by atoms with Gasteiger partial charge < -0.3 is 4.74 Å². The molecule has 1 atom stereocenters. The number of amides is 1. The Morgan fingerprint density at radius 2 is 1.96 bits per heavy atom. The zero-order valence-corrected chi connectivity index (χ0v) is 15.7. The summed E-state index contributed by atoms with van der Waals surface area (Å²) in [6, 6.07) is 9.86. The lowest BCUT2D eigenvalue weighted by Crippen LogP contribution is -2.36. The summed E-state index contributed by atoms with van der Waals surface area (Å²) in [6.45, 7) is 1.33. The first-order chi connectivity index (χ1) is 13.5. The molecule has 0 fully saturated rings. The zero-order valence-electron chi connectivity index (χ0n) is 14.9. The van der Waals surface area contributed by atoms with Crippen molar-refractivity contribution >= 4 is 23.4 Å². The van der Waals surface area contributed by atoms with Crippen molar-refractivity contribution < 1.29 is 18.3 Å². The van der Waals surface area contributed by atoms with E-state index in [-0.39, 0.29) is 22.7 Å². The van der Waals surface area contributed by atoms with Gasteiger partial charge in [-0.05, 0) is 30.5 Å². The molecule has 0 unspecified atom stereocenters. The Kier molecular flexibility index (Phi) is 4.68. The topological polar surface area (TPSA) is 68.2 Å². The molecule has 1 amide bonds. The predicted molar refractivity (Wildman–Crippen MR) is 99.9 cm³/mol. The number of halogens is 2. The van der Waals surface area contributed by atoms with Gasteiger partial charge in [-0.3, -0.25) is 9.69 Å². The molecule has 0 saturated heterocycles. The van der Waals surface area contributed by atoms with Gasteiger partial charge in [0.05, 0.1) is 5.69 Å². The van der Waals surface area contributed by atoms with Crippen molar-refractivity contribution in [2.24, 2.45) is 0 Å². The second-order valence-electron chi connectivity index (χ2n) is 5.99. The van der Waals surface area contributed by atoms with Crippen LogP contribution in [0.2, 0.25) is 0 Å². The highest BCUT2D eigenvalue weighted by atomic mass is 32.2. The lowest BCUT2D eigenvalue weighted by Gasteiger charge is -2.30. The minimum Gasteiger partial charge on any atom is -0.447 e. The van der Waals surface area contributed by atoms with Gasteiger partial charge in [-0.25, -0.2) is 8.78 Å². The minimum atomic E-state index is -1.14. The SMILES string of the molecule is CSc1nnc2c(n1)O[C@H](c1ccccc1F)N(C(C)=O)c1ccc(F)cc1-2. The number of thioether (sulfide) groups is 1. The molecule has 142 valence electrons. The second kappa shape index (κ2) is 7.16. The van der Waals surface area contributed by atoms with E-state index in [4.69, 9.17) is 4.74 Å². The van der Waals surface area contributed by atoms with E-state index in [0.29, 0.717) is 10.8 Å². The number of anilines is 1. The fourth-order valence-electron chi connectivity index (χ4n) is 3.04. The van der Waals surface area contributed by atoms with Gasteiger partial charge >= 0.3 is 0 Å². The van der Waals surface area contributed by atoms with Crippen LogP contribution in [-0.4, -0.2) is 27.3 Å². The number of carbonyl (C=O) groups is 1. The van der Waals surface area contributed by atoms with Crippen LogP contribution in [0.3, 0.4) is 0 Å². The Labute approximate surface area is 163 Å². The second-order valence-corrected chi connectivity index (χ2v) is 6.77. The predicted octanol–water partition coefficient (Wildman–Crippen LogP) is 3.98. The largest absolute Gasteiger partial charge is 0.447 e. The molecule has 9 heteroatoms. The van der Waals surface area contributed by atoms with E-state index >= 15 is 0 Å². The van der Waals surface area contributed by atoms with Crippen LogP contribution in [0.4, 0.5) is 14.5 Å². The van der Waals surface area contributed by atoms with Crippen LogP contribution in [-0.2, 0) is 4.79 Å². The van der Waals surface area contributed by atoms with Crippen LogP contribution >= 0.6 is 11.8 Å². The highest BCUT2D eigenvalue weighted by molar-refractivity contribution is 7.98. The van der Waals surface area contributed by atoms with Gasteiger partial charge in [-0.2, -0.15) is 4.98 Å². The first kappa shape index (κ1) is 18.3. The average molecular weight is 400 g/mol. The highest BCUT2D eigenvalue weighted by Crippen LogP contribution is 2.43. The molecule has 0 aliphatic carbocycles. The summed E-state index contributed by atoms with van der Waals surface area (Å²) in [4.78, 5) is 18.1. The molecule has 4 rings (SSSR count). The molecular weight excluding hydrogens is 386 g/mol. The van der Waals surface area contributed by atoms with Crippen molar-refractivity contribution in [3.05, 3.63) is 59.7 Å². The van der Waals surface area contributed by atoms with E-state index in [9.17, 15) is 13.6 Å². The van der Waals surface area contributed by atoms with Crippen LogP contribution < -0.4 is 9.64 Å². The molecule has 28 heavy (non-hydrogen) atoms. The Morgan fingerprint density at radius 1 is 1.18 bits per heavy atom. The zero-order chi connectivity index (χ0) is 19.8. The number of benzene rings is 2. The van der Waals surface area contributed by atoms with Crippen molar-refractivity contribution in [2.45, 2.75) is 18.3 Å². The average Bonchev–Trinajstić information content (AvgIpc) is 2.82. The summed E-state index contributed by atoms with van der Waals surface area (Å²) >= 11 is 1.25. The summed E-state index contributed by atoms with van der Waals surface area (Å²) in [5, 5.41) is 8.44. The third-order valence-electron chi connectivity index (χ3n) is 4.26. The third kappa shape index (κ3) is 3.07. The van der Waals surface area contributed by atoms with Crippen molar-refractivity contribution in [3.8, 4) is 17.1 Å². The van der Waals surface area contributed by atoms with Crippen LogP contribution in [0.25, 0.3) is 11.3 Å². The van der Waals surface area contributed by atoms with E-state index < -0.39 is 23.8 Å². The van der Waals surface area contributed by atoms with Gasteiger partial charge in [-0.1, -0.05) is 30.0 Å². The normalized spacial score (nSPS) is 15.3. The fourth-order valence-corrected chi connectivity index (χ4v) is 3.34. The molecule has 2 aromatic carbocycles. The Balaban J connectivity index is 2.02. The Bertz CT molecular complexity index is 1080. The maximum absolute atomic E-state index is 14.6. The third-order valence-corrected chi connectivity index (χ3v) is 4.80. The molecule has 1 aliphatic rings. The van der Waals surface area contributed by atoms with Crippen LogP contribution in [0.5, 0.6) is 5.88 Å². The number of hydrogen-bond donors (Lipinski definition) is 0. The maximum Gasteiger partial charge on any atom is 0.247 e. The number of hydrogen-bond acceptors (Lipinski definition) is 6. The molecule has 3 aromatic rings. The van der Waals surface area contributed by atoms with Crippen LogP contribution in [0.1, 0.15) is 18.7 Å². The van der Waals surface area contributed by atoms with Crippen molar-refractivity contribution in [1.82, 2.24) is 15.2 Å². The molecule has 1 aliphatic heterocycles. The summed E-state index contributed by atoms with van der Waals surface area (Å²) in [5.74, 6) is -1.43. The van der Waals surface area contributed by atoms with E-state index in [0.717, 1.165) is 0 Å². The first-order valence-corrected chi connectivity index (χ1v) is 9.51. The number of aromatic nitrogens is 3. The fraction of sp³-hybridized carbons (Fsp3) is 0.158. The Morgan fingerprint density at radius 3 is 2.68 bits per heavy atom. The van der Waals surface area contributed by atoms with Crippen molar-refractivity contribution in [2.75, 3.05) is 11.2 Å². The number of carbonyl (C=O) groups excluding carboxylic acids is 1. The molecule has 0 radical (unpaired) electrons. The monoisotopic (exact) mass is 400 g/mol. The summed E-state index contributed by atoms with van der Waals surface area (Å²) in [6.07, 6.45) is 0.625. The number of fused-ring (bicyclic) bond motifs is 3. The van der Waals surface area contributed by atoms with Gasteiger partial charge in [0, 0.05) is 18.1 Å². The standard InChI is InChI=1S/C19H14F2N4O2S/c1-10(26)25-15-8-7-11(20)9-13(15)16-17(22-19(28-2)24-23-16)27-18(25)12-5-3-4-6-14(12)21/h3-9,18H,1-2H3/t18-/m1/s1. The van der Waals surface area contributed by atoms with Gasteiger partial charge in [0.15, 0.2) is 5.69 Å². The number of rotatable bonds is 2. The van der Waals surface area contributed by atoms with Gasteiger partial charge in [-0.15, -0.1) is 10.2 Å².